The Morgan fingerprint density at radius 1 is 1.10 bits per heavy atom. The van der Waals surface area contributed by atoms with Crippen molar-refractivity contribution < 1.29 is 31.8 Å². The van der Waals surface area contributed by atoms with Crippen molar-refractivity contribution in [3.8, 4) is 39.5 Å². The van der Waals surface area contributed by atoms with E-state index in [9.17, 15) is 18.0 Å². The average molecular weight is 692 g/mol. The Bertz CT molecular complexity index is 2110. The lowest BCUT2D eigenvalue weighted by atomic mass is 9.92. The van der Waals surface area contributed by atoms with E-state index < -0.39 is 17.6 Å². The number of nitrogens with zero attached hydrogens (tertiary/aromatic N) is 5. The van der Waals surface area contributed by atoms with E-state index in [2.05, 4.69) is 6.58 Å². The molecule has 0 bridgehead atoms. The third-order valence-electron chi connectivity index (χ3n) is 9.06. The molecule has 0 N–H and O–H groups in total. The van der Waals surface area contributed by atoms with Gasteiger partial charge in [0.05, 0.1) is 42.7 Å². The fourth-order valence-corrected chi connectivity index (χ4v) is 7.79. The van der Waals surface area contributed by atoms with Gasteiger partial charge < -0.3 is 14.4 Å². The largest absolute Gasteiger partial charge is 0.490 e. The van der Waals surface area contributed by atoms with Gasteiger partial charge in [0.15, 0.2) is 0 Å². The quantitative estimate of drug-likeness (QED) is 0.0959. The fourth-order valence-electron chi connectivity index (χ4n) is 6.84. The molecule has 1 atom stereocenters. The molecule has 13 heteroatoms. The SMILES string of the molecule is C=CC(=O)N1CCn2nc(-c3nc(-c4ccc5c(c4)CN(C)CC5(F)F)c4ccsc4c3-c3c(F)cc(F)cc3OCCOC)cc2C1C. The van der Waals surface area contributed by atoms with Crippen molar-refractivity contribution in [1.29, 1.82) is 0 Å². The summed E-state index contributed by atoms with van der Waals surface area (Å²) in [5, 5.41) is 7.39. The van der Waals surface area contributed by atoms with Crippen molar-refractivity contribution in [2.24, 2.45) is 0 Å². The highest BCUT2D eigenvalue weighted by atomic mass is 32.1. The molecular formula is C36H33F4N5O3S. The molecule has 0 saturated carbocycles. The number of rotatable bonds is 8. The lowest BCUT2D eigenvalue weighted by Crippen LogP contribution is -2.40. The average Bonchev–Trinajstić information content (AvgIpc) is 3.72. The van der Waals surface area contributed by atoms with Crippen LogP contribution in [0.4, 0.5) is 17.6 Å². The van der Waals surface area contributed by atoms with Crippen molar-refractivity contribution >= 4 is 27.3 Å². The van der Waals surface area contributed by atoms with Gasteiger partial charge in [0.2, 0.25) is 5.91 Å². The number of thiophene rings is 1. The number of alkyl halides is 2. The van der Waals surface area contributed by atoms with Crippen LogP contribution in [0.5, 0.6) is 5.75 Å². The van der Waals surface area contributed by atoms with Crippen LogP contribution in [-0.2, 0) is 28.5 Å². The van der Waals surface area contributed by atoms with Crippen LogP contribution < -0.4 is 4.74 Å². The molecule has 0 spiro atoms. The maximum Gasteiger partial charge on any atom is 0.285 e. The van der Waals surface area contributed by atoms with Gasteiger partial charge in [0, 0.05) is 59.1 Å². The molecule has 5 heterocycles. The van der Waals surface area contributed by atoms with Gasteiger partial charge in [-0.1, -0.05) is 18.7 Å². The highest BCUT2D eigenvalue weighted by molar-refractivity contribution is 7.18. The number of halogens is 4. The molecule has 0 aliphatic carbocycles. The topological polar surface area (TPSA) is 72.7 Å². The smallest absolute Gasteiger partial charge is 0.285 e. The van der Waals surface area contributed by atoms with Crippen LogP contribution in [0.25, 0.3) is 43.9 Å². The summed E-state index contributed by atoms with van der Waals surface area (Å²) < 4.78 is 74.2. The van der Waals surface area contributed by atoms with Gasteiger partial charge in [-0.05, 0) is 49.2 Å². The van der Waals surface area contributed by atoms with E-state index in [1.54, 1.807) is 33.7 Å². The third kappa shape index (κ3) is 5.79. The van der Waals surface area contributed by atoms with Crippen LogP contribution in [0.1, 0.15) is 29.8 Å². The zero-order chi connectivity index (χ0) is 34.6. The van der Waals surface area contributed by atoms with Crippen LogP contribution >= 0.6 is 11.3 Å². The number of hydrogen-bond donors (Lipinski definition) is 0. The zero-order valence-electron chi connectivity index (χ0n) is 27.1. The van der Waals surface area contributed by atoms with Gasteiger partial charge in [-0.2, -0.15) is 13.9 Å². The molecule has 8 nitrogen and oxygen atoms in total. The number of carbonyl (C=O) groups is 1. The first-order valence-corrected chi connectivity index (χ1v) is 16.6. The van der Waals surface area contributed by atoms with Crippen molar-refractivity contribution in [3.05, 3.63) is 89.0 Å². The number of fused-ring (bicyclic) bond motifs is 3. The highest BCUT2D eigenvalue weighted by Crippen LogP contribution is 2.48. The van der Waals surface area contributed by atoms with Gasteiger partial charge in [-0.3, -0.25) is 14.4 Å². The second-order valence-corrected chi connectivity index (χ2v) is 13.2. The van der Waals surface area contributed by atoms with Crippen molar-refractivity contribution in [2.75, 3.05) is 40.5 Å². The molecule has 2 aromatic carbocycles. The van der Waals surface area contributed by atoms with E-state index in [-0.39, 0.29) is 48.6 Å². The lowest BCUT2D eigenvalue weighted by Gasteiger charge is -2.33. The van der Waals surface area contributed by atoms with Crippen LogP contribution in [0.3, 0.4) is 0 Å². The van der Waals surface area contributed by atoms with Gasteiger partial charge in [0.1, 0.15) is 35.4 Å². The molecule has 7 rings (SSSR count). The molecule has 1 unspecified atom stereocenters. The second-order valence-electron chi connectivity index (χ2n) is 12.3. The van der Waals surface area contributed by atoms with Gasteiger partial charge in [0.25, 0.3) is 5.92 Å². The molecule has 5 aromatic rings. The van der Waals surface area contributed by atoms with Gasteiger partial charge in [-0.15, -0.1) is 11.3 Å². The number of amides is 1. The Kier molecular flexibility index (Phi) is 8.54. The molecule has 3 aromatic heterocycles. The maximum atomic E-state index is 16.1. The van der Waals surface area contributed by atoms with E-state index >= 15 is 4.39 Å². The minimum Gasteiger partial charge on any atom is -0.490 e. The first kappa shape index (κ1) is 32.9. The molecule has 1 amide bonds. The van der Waals surface area contributed by atoms with Gasteiger partial charge >= 0.3 is 0 Å². The predicted molar refractivity (Wildman–Crippen MR) is 180 cm³/mol. The number of pyridine rings is 1. The molecule has 2 aliphatic rings. The summed E-state index contributed by atoms with van der Waals surface area (Å²) in [4.78, 5) is 21.0. The number of methoxy groups -OCH3 is 1. The van der Waals surface area contributed by atoms with Gasteiger partial charge in [-0.25, -0.2) is 13.8 Å². The molecule has 0 radical (unpaired) electrons. The number of likely N-dealkylation sites (N-methyl/N-ethyl adjacent to an activating group) is 1. The molecule has 254 valence electrons. The summed E-state index contributed by atoms with van der Waals surface area (Å²) in [7, 11) is 3.15. The van der Waals surface area contributed by atoms with E-state index in [0.29, 0.717) is 63.5 Å². The molecule has 0 saturated heterocycles. The summed E-state index contributed by atoms with van der Waals surface area (Å²) in [5.41, 5.74) is 3.38. The Balaban J connectivity index is 1.49. The summed E-state index contributed by atoms with van der Waals surface area (Å²) in [5.74, 6) is -4.90. The number of carbonyl (C=O) groups excluding carboxylic acids is 1. The monoisotopic (exact) mass is 691 g/mol. The maximum absolute atomic E-state index is 16.1. The Morgan fingerprint density at radius 2 is 1.92 bits per heavy atom. The third-order valence-corrected chi connectivity index (χ3v) is 9.99. The normalized spacial score (nSPS) is 17.2. The van der Waals surface area contributed by atoms with Crippen molar-refractivity contribution in [3.63, 3.8) is 0 Å². The van der Waals surface area contributed by atoms with E-state index in [1.807, 2.05) is 24.4 Å². The summed E-state index contributed by atoms with van der Waals surface area (Å²) in [6.07, 6.45) is 1.27. The second kappa shape index (κ2) is 12.7. The highest BCUT2D eigenvalue weighted by Gasteiger charge is 2.39. The minimum absolute atomic E-state index is 0.00759. The van der Waals surface area contributed by atoms with Crippen LogP contribution in [0.15, 0.2) is 60.5 Å². The minimum atomic E-state index is -3.01. The first-order chi connectivity index (χ1) is 23.5. The Hall–Kier alpha value is -4.59. The first-order valence-electron chi connectivity index (χ1n) is 15.7. The molecule has 2 aliphatic heterocycles. The summed E-state index contributed by atoms with van der Waals surface area (Å²) >= 11 is 1.34. The summed E-state index contributed by atoms with van der Waals surface area (Å²) in [6, 6.07) is 10.1. The van der Waals surface area contributed by atoms with E-state index in [4.69, 9.17) is 19.6 Å². The molecule has 0 fully saturated rings. The number of hydrogen-bond acceptors (Lipinski definition) is 7. The van der Waals surface area contributed by atoms with E-state index in [1.165, 1.54) is 30.6 Å². The Morgan fingerprint density at radius 3 is 2.69 bits per heavy atom. The molecule has 49 heavy (non-hydrogen) atoms. The molecular weight excluding hydrogens is 658 g/mol. The van der Waals surface area contributed by atoms with E-state index in [0.717, 1.165) is 17.8 Å². The van der Waals surface area contributed by atoms with Crippen molar-refractivity contribution in [2.45, 2.75) is 32.0 Å². The number of aromatic nitrogens is 3. The standard InChI is InChI=1S/C36H33F4N5O3S/c1-5-30(46)44-9-10-45-28(20(44)2)17-27(42-45)34-32(31-26(38)15-23(37)16-29(31)48-12-11-47-4)35-24(8-13-49-35)33(41-34)21-6-7-25-22(14-21)18-43(3)19-36(25,39)40/h5-8,13-17,20H,1,9-12,18-19H2,2-4H3. The number of benzene rings is 2. The Labute approximate surface area is 284 Å². The van der Waals surface area contributed by atoms with Crippen molar-refractivity contribution in [1.82, 2.24) is 24.6 Å². The fraction of sp³-hybridized carbons (Fsp3) is 0.306. The number of ether oxygens (including phenoxy) is 2. The zero-order valence-corrected chi connectivity index (χ0v) is 27.9. The van der Waals surface area contributed by atoms with Crippen LogP contribution in [0.2, 0.25) is 0 Å². The summed E-state index contributed by atoms with van der Waals surface area (Å²) in [6.45, 7) is 6.53. The van der Waals surface area contributed by atoms with Crippen LogP contribution in [-0.4, -0.2) is 70.9 Å². The van der Waals surface area contributed by atoms with Crippen LogP contribution in [0, 0.1) is 11.6 Å². The predicted octanol–water partition coefficient (Wildman–Crippen LogP) is 7.42. The lowest BCUT2D eigenvalue weighted by molar-refractivity contribution is -0.129.